The number of alkyl halides is 1. The van der Waals surface area contributed by atoms with Gasteiger partial charge in [-0.1, -0.05) is 0 Å². The topological polar surface area (TPSA) is 52.1 Å². The molecule has 0 spiro atoms. The molecule has 0 N–H and O–H groups in total. The van der Waals surface area contributed by atoms with Crippen molar-refractivity contribution in [2.75, 3.05) is 0 Å². The van der Waals surface area contributed by atoms with Crippen LogP contribution < -0.4 is 21.2 Å². The monoisotopic (exact) mass is 431 g/mol. The van der Waals surface area contributed by atoms with Gasteiger partial charge in [0.25, 0.3) is 0 Å². The molecule has 0 bridgehead atoms. The average Bonchev–Trinajstić information content (AvgIpc) is 2.97. The summed E-state index contributed by atoms with van der Waals surface area (Å²) in [6, 6.07) is 0. The number of hydrogen-bond donors (Lipinski definition) is 0. The SMILES string of the molecule is CCc1onc(C[I-]c2onc(C)c2C(C)(C)C)c1C(C)(C)C. The second-order valence-electron chi connectivity index (χ2n) is 7.96. The van der Waals surface area contributed by atoms with E-state index in [9.17, 15) is 0 Å². The van der Waals surface area contributed by atoms with Gasteiger partial charge in [0.15, 0.2) is 0 Å². The Morgan fingerprint density at radius 2 is 1.52 bits per heavy atom. The maximum atomic E-state index is 5.64. The predicted octanol–water partition coefficient (Wildman–Crippen LogP) is 1.59. The molecule has 0 aliphatic heterocycles. The van der Waals surface area contributed by atoms with Gasteiger partial charge in [-0.25, -0.2) is 0 Å². The Labute approximate surface area is 149 Å². The number of aryl methyl sites for hydroxylation is 2. The first-order chi connectivity index (χ1) is 10.6. The van der Waals surface area contributed by atoms with E-state index in [1.165, 1.54) is 11.1 Å². The molecule has 0 aliphatic rings. The normalized spacial score (nSPS) is 13.0. The van der Waals surface area contributed by atoms with E-state index in [-0.39, 0.29) is 32.0 Å². The molecule has 0 amide bonds. The van der Waals surface area contributed by atoms with Crippen LogP contribution >= 0.6 is 0 Å². The Morgan fingerprint density at radius 3 is 2.04 bits per heavy atom. The van der Waals surface area contributed by atoms with Crippen LogP contribution in [0.4, 0.5) is 0 Å². The minimum absolute atomic E-state index is 0.0502. The van der Waals surface area contributed by atoms with E-state index >= 15 is 0 Å². The summed E-state index contributed by atoms with van der Waals surface area (Å²) in [7, 11) is 0. The molecular weight excluding hydrogens is 403 g/mol. The second-order valence-corrected chi connectivity index (χ2v) is 10.5. The fourth-order valence-corrected chi connectivity index (χ4v) is 5.99. The summed E-state index contributed by atoms with van der Waals surface area (Å²) in [5.74, 6) is 1.02. The van der Waals surface area contributed by atoms with Crippen molar-refractivity contribution in [3.05, 3.63) is 32.0 Å². The van der Waals surface area contributed by atoms with Crippen LogP contribution in [-0.2, 0) is 21.7 Å². The van der Waals surface area contributed by atoms with Crippen LogP contribution in [0.2, 0.25) is 0 Å². The molecule has 4 nitrogen and oxygen atoms in total. The third-order valence-electron chi connectivity index (χ3n) is 3.79. The number of hydrogen-bond acceptors (Lipinski definition) is 4. The molecule has 2 heterocycles. The van der Waals surface area contributed by atoms with Crippen molar-refractivity contribution in [1.82, 2.24) is 10.3 Å². The molecule has 5 heteroatoms. The summed E-state index contributed by atoms with van der Waals surface area (Å²) < 4.78 is 13.2. The van der Waals surface area contributed by atoms with Crippen molar-refractivity contribution >= 4 is 0 Å². The molecule has 0 atom stereocenters. The molecule has 0 saturated heterocycles. The maximum absolute atomic E-state index is 5.64. The molecule has 0 fully saturated rings. The van der Waals surface area contributed by atoms with Crippen molar-refractivity contribution in [3.63, 3.8) is 0 Å². The van der Waals surface area contributed by atoms with Crippen molar-refractivity contribution in [1.29, 1.82) is 0 Å². The Morgan fingerprint density at radius 1 is 0.913 bits per heavy atom. The molecule has 0 saturated carbocycles. The molecule has 2 aromatic heterocycles. The van der Waals surface area contributed by atoms with E-state index in [1.807, 2.05) is 6.92 Å². The summed E-state index contributed by atoms with van der Waals surface area (Å²) in [6.45, 7) is 17.5. The molecule has 130 valence electrons. The first-order valence-electron chi connectivity index (χ1n) is 8.09. The van der Waals surface area contributed by atoms with Crippen LogP contribution in [0.3, 0.4) is 0 Å². The van der Waals surface area contributed by atoms with Crippen LogP contribution in [0.1, 0.15) is 76.7 Å². The van der Waals surface area contributed by atoms with Gasteiger partial charge >= 0.3 is 150 Å². The van der Waals surface area contributed by atoms with Crippen LogP contribution in [-0.4, -0.2) is 10.3 Å². The number of halogens is 1. The summed E-state index contributed by atoms with van der Waals surface area (Å²) in [5, 5.41) is 8.55. The Hall–Kier alpha value is -0.850. The zero-order valence-electron chi connectivity index (χ0n) is 15.5. The standard InChI is InChI=1S/C18H28IN2O2/c1-9-13-15(18(6,7)8)12(21-22-13)10-19-16-14(17(3,4)5)11(2)20-23-16/h9-10H2,1-8H3/q-1. The van der Waals surface area contributed by atoms with E-state index < -0.39 is 0 Å². The van der Waals surface area contributed by atoms with Gasteiger partial charge in [-0.3, -0.25) is 0 Å². The van der Waals surface area contributed by atoms with E-state index in [2.05, 4.69) is 58.8 Å². The van der Waals surface area contributed by atoms with Gasteiger partial charge in [0, 0.05) is 0 Å². The van der Waals surface area contributed by atoms with E-state index in [1.54, 1.807) is 0 Å². The summed E-state index contributed by atoms with van der Waals surface area (Å²) in [5.41, 5.74) is 4.75. The fourth-order valence-electron chi connectivity index (χ4n) is 2.94. The predicted molar refractivity (Wildman–Crippen MR) is 86.9 cm³/mol. The third-order valence-corrected chi connectivity index (χ3v) is 6.32. The van der Waals surface area contributed by atoms with Crippen LogP contribution in [0.15, 0.2) is 9.05 Å². The molecule has 2 rings (SSSR count). The Bertz CT molecular complexity index is 672. The first kappa shape index (κ1) is 18.5. The van der Waals surface area contributed by atoms with Crippen molar-refractivity contribution in [3.8, 4) is 0 Å². The zero-order valence-corrected chi connectivity index (χ0v) is 17.7. The van der Waals surface area contributed by atoms with Gasteiger partial charge in [-0.2, -0.15) is 0 Å². The molecule has 23 heavy (non-hydrogen) atoms. The van der Waals surface area contributed by atoms with Crippen molar-refractivity contribution in [2.45, 2.75) is 77.1 Å². The van der Waals surface area contributed by atoms with Gasteiger partial charge in [-0.05, 0) is 0 Å². The number of aromatic nitrogens is 2. The Kier molecular flexibility index (Phi) is 5.28. The van der Waals surface area contributed by atoms with Crippen molar-refractivity contribution in [2.24, 2.45) is 0 Å². The average molecular weight is 431 g/mol. The molecule has 0 aromatic carbocycles. The number of rotatable bonds is 4. The second kappa shape index (κ2) is 6.57. The van der Waals surface area contributed by atoms with Crippen LogP contribution in [0, 0.1) is 10.7 Å². The van der Waals surface area contributed by atoms with Gasteiger partial charge in [0.2, 0.25) is 0 Å². The zero-order chi connectivity index (χ0) is 17.4. The van der Waals surface area contributed by atoms with Gasteiger partial charge in [0.05, 0.1) is 0 Å². The van der Waals surface area contributed by atoms with E-state index in [0.29, 0.717) is 0 Å². The van der Waals surface area contributed by atoms with Gasteiger partial charge in [-0.15, -0.1) is 0 Å². The first-order valence-corrected chi connectivity index (χ1v) is 10.7. The van der Waals surface area contributed by atoms with E-state index in [0.717, 1.165) is 31.8 Å². The Balaban J connectivity index is 2.28. The molecule has 0 unspecified atom stereocenters. The van der Waals surface area contributed by atoms with Gasteiger partial charge in [0.1, 0.15) is 0 Å². The fraction of sp³-hybridized carbons (Fsp3) is 0.667. The van der Waals surface area contributed by atoms with E-state index in [4.69, 9.17) is 9.05 Å². The summed E-state index contributed by atoms with van der Waals surface area (Å²) >= 11 is -0.327. The number of nitrogens with zero attached hydrogens (tertiary/aromatic N) is 2. The summed E-state index contributed by atoms with van der Waals surface area (Å²) in [6.07, 6.45) is 0.882. The molecule has 0 radical (unpaired) electrons. The molecule has 0 aliphatic carbocycles. The van der Waals surface area contributed by atoms with Crippen LogP contribution in [0.25, 0.3) is 0 Å². The molecular formula is C18H28IN2O2-. The van der Waals surface area contributed by atoms with Crippen molar-refractivity contribution < 1.29 is 30.3 Å². The summed E-state index contributed by atoms with van der Waals surface area (Å²) in [4.78, 5) is 0. The third kappa shape index (κ3) is 3.98. The quantitative estimate of drug-likeness (QED) is 0.545. The minimum atomic E-state index is -0.327. The van der Waals surface area contributed by atoms with Crippen LogP contribution in [0.5, 0.6) is 0 Å². The molecule has 2 aromatic rings. The van der Waals surface area contributed by atoms with Gasteiger partial charge < -0.3 is 0 Å².